The number of nitrogens with zero attached hydrogens (tertiary/aromatic N) is 4. The molecule has 0 bridgehead atoms. The Bertz CT molecular complexity index is 594. The van der Waals surface area contributed by atoms with E-state index in [2.05, 4.69) is 22.0 Å². The smallest absolute Gasteiger partial charge is 0.129 e. The number of rotatable bonds is 6. The predicted molar refractivity (Wildman–Crippen MR) is 83.2 cm³/mol. The van der Waals surface area contributed by atoms with Gasteiger partial charge in [-0.3, -0.25) is 9.58 Å². The van der Waals surface area contributed by atoms with Crippen molar-refractivity contribution in [1.29, 1.82) is 0 Å². The number of hydrogen-bond acceptors (Lipinski definition) is 4. The van der Waals surface area contributed by atoms with Crippen LogP contribution in [0.25, 0.3) is 0 Å². The number of aryl methyl sites for hydroxylation is 1. The van der Waals surface area contributed by atoms with Gasteiger partial charge in [0.1, 0.15) is 5.15 Å². The molecule has 5 nitrogen and oxygen atoms in total. The number of pyridine rings is 1. The van der Waals surface area contributed by atoms with Gasteiger partial charge in [0, 0.05) is 30.5 Å². The van der Waals surface area contributed by atoms with Crippen molar-refractivity contribution in [3.63, 3.8) is 0 Å². The fourth-order valence-electron chi connectivity index (χ4n) is 2.41. The molecule has 0 saturated heterocycles. The van der Waals surface area contributed by atoms with Crippen molar-refractivity contribution in [1.82, 2.24) is 19.7 Å². The van der Waals surface area contributed by atoms with Crippen molar-refractivity contribution >= 4 is 11.6 Å². The first-order valence-electron chi connectivity index (χ1n) is 6.94. The van der Waals surface area contributed by atoms with Crippen LogP contribution in [0.1, 0.15) is 22.5 Å². The molecule has 0 unspecified atom stereocenters. The van der Waals surface area contributed by atoms with Gasteiger partial charge in [-0.25, -0.2) is 4.98 Å². The quantitative estimate of drug-likeness (QED) is 0.831. The Morgan fingerprint density at radius 2 is 2.05 bits per heavy atom. The van der Waals surface area contributed by atoms with Crippen molar-refractivity contribution in [2.24, 2.45) is 0 Å². The monoisotopic (exact) mass is 308 g/mol. The van der Waals surface area contributed by atoms with E-state index in [0.29, 0.717) is 11.7 Å². The predicted octanol–water partition coefficient (Wildman–Crippen LogP) is 2.17. The van der Waals surface area contributed by atoms with Crippen molar-refractivity contribution in [2.45, 2.75) is 33.5 Å². The minimum Gasteiger partial charge on any atom is -0.394 e. The Labute approximate surface area is 130 Å². The minimum atomic E-state index is 0.105. The zero-order chi connectivity index (χ0) is 15.4. The summed E-state index contributed by atoms with van der Waals surface area (Å²) in [5.74, 6) is 0. The maximum absolute atomic E-state index is 9.05. The molecule has 2 aromatic rings. The molecule has 0 aliphatic rings. The highest BCUT2D eigenvalue weighted by Crippen LogP contribution is 2.16. The Morgan fingerprint density at radius 1 is 1.29 bits per heavy atom. The first kappa shape index (κ1) is 15.9. The summed E-state index contributed by atoms with van der Waals surface area (Å²) in [7, 11) is 2.07. The highest BCUT2D eigenvalue weighted by Gasteiger charge is 2.13. The third-order valence-electron chi connectivity index (χ3n) is 3.51. The first-order valence-corrected chi connectivity index (χ1v) is 7.31. The van der Waals surface area contributed by atoms with E-state index < -0.39 is 0 Å². The fourth-order valence-corrected chi connectivity index (χ4v) is 2.52. The summed E-state index contributed by atoms with van der Waals surface area (Å²) in [4.78, 5) is 6.31. The Hall–Kier alpha value is -1.43. The number of halogens is 1. The van der Waals surface area contributed by atoms with Crippen LogP contribution >= 0.6 is 11.6 Å². The second kappa shape index (κ2) is 7.02. The summed E-state index contributed by atoms with van der Waals surface area (Å²) in [5.41, 5.74) is 4.47. The lowest BCUT2D eigenvalue weighted by molar-refractivity contribution is 0.267. The van der Waals surface area contributed by atoms with Gasteiger partial charge in [-0.1, -0.05) is 17.7 Å². The van der Waals surface area contributed by atoms with E-state index in [0.717, 1.165) is 30.0 Å². The minimum absolute atomic E-state index is 0.105. The zero-order valence-electron chi connectivity index (χ0n) is 12.7. The van der Waals surface area contributed by atoms with E-state index in [1.54, 1.807) is 12.3 Å². The Kier molecular flexibility index (Phi) is 5.33. The van der Waals surface area contributed by atoms with Crippen LogP contribution in [0.4, 0.5) is 0 Å². The van der Waals surface area contributed by atoms with Gasteiger partial charge in [-0.15, -0.1) is 0 Å². The normalized spacial score (nSPS) is 11.3. The number of aromatic nitrogens is 3. The SMILES string of the molecule is Cc1nn(CCO)c(C)c1CN(C)Cc1ccc(Cl)nc1. The molecule has 2 aromatic heterocycles. The Balaban J connectivity index is 2.05. The van der Waals surface area contributed by atoms with Crippen LogP contribution in [0.3, 0.4) is 0 Å². The van der Waals surface area contributed by atoms with E-state index >= 15 is 0 Å². The van der Waals surface area contributed by atoms with Gasteiger partial charge in [0.15, 0.2) is 0 Å². The largest absolute Gasteiger partial charge is 0.394 e. The van der Waals surface area contributed by atoms with Crippen molar-refractivity contribution in [3.05, 3.63) is 46.0 Å². The van der Waals surface area contributed by atoms with Crippen LogP contribution in [0.2, 0.25) is 5.15 Å². The average Bonchev–Trinajstić information content (AvgIpc) is 2.70. The van der Waals surface area contributed by atoms with Gasteiger partial charge in [0.05, 0.1) is 18.8 Å². The van der Waals surface area contributed by atoms with Gasteiger partial charge in [0.2, 0.25) is 0 Å². The van der Waals surface area contributed by atoms with Crippen molar-refractivity contribution in [2.75, 3.05) is 13.7 Å². The molecule has 21 heavy (non-hydrogen) atoms. The van der Waals surface area contributed by atoms with E-state index in [-0.39, 0.29) is 6.61 Å². The second-order valence-corrected chi connectivity index (χ2v) is 5.64. The van der Waals surface area contributed by atoms with Gasteiger partial charge in [-0.05, 0) is 32.5 Å². The van der Waals surface area contributed by atoms with Crippen molar-refractivity contribution < 1.29 is 5.11 Å². The average molecular weight is 309 g/mol. The molecule has 6 heteroatoms. The van der Waals surface area contributed by atoms with Crippen LogP contribution in [-0.4, -0.2) is 38.4 Å². The van der Waals surface area contributed by atoms with Crippen molar-refractivity contribution in [3.8, 4) is 0 Å². The Morgan fingerprint density at radius 3 is 2.67 bits per heavy atom. The van der Waals surface area contributed by atoms with Crippen LogP contribution < -0.4 is 0 Å². The first-order chi connectivity index (χ1) is 10.0. The van der Waals surface area contributed by atoms with Gasteiger partial charge in [0.25, 0.3) is 0 Å². The van der Waals surface area contributed by atoms with E-state index in [1.807, 2.05) is 24.6 Å². The molecule has 0 spiro atoms. The lowest BCUT2D eigenvalue weighted by Gasteiger charge is -2.17. The van der Waals surface area contributed by atoms with E-state index in [9.17, 15) is 0 Å². The molecule has 2 heterocycles. The molecule has 0 fully saturated rings. The number of aliphatic hydroxyl groups is 1. The highest BCUT2D eigenvalue weighted by molar-refractivity contribution is 6.29. The van der Waals surface area contributed by atoms with Gasteiger partial charge < -0.3 is 5.11 Å². The molecular formula is C15H21ClN4O. The molecule has 0 aliphatic heterocycles. The topological polar surface area (TPSA) is 54.2 Å². The highest BCUT2D eigenvalue weighted by atomic mass is 35.5. The van der Waals surface area contributed by atoms with Crippen LogP contribution in [0.15, 0.2) is 18.3 Å². The third-order valence-corrected chi connectivity index (χ3v) is 3.74. The second-order valence-electron chi connectivity index (χ2n) is 5.26. The number of hydrogen-bond donors (Lipinski definition) is 1. The fraction of sp³-hybridized carbons (Fsp3) is 0.467. The van der Waals surface area contributed by atoms with Gasteiger partial charge in [-0.2, -0.15) is 5.10 Å². The molecule has 0 saturated carbocycles. The van der Waals surface area contributed by atoms with Crippen LogP contribution in [0.5, 0.6) is 0 Å². The van der Waals surface area contributed by atoms with E-state index in [4.69, 9.17) is 16.7 Å². The number of aliphatic hydroxyl groups excluding tert-OH is 1. The molecule has 0 amide bonds. The lowest BCUT2D eigenvalue weighted by Crippen LogP contribution is -2.18. The maximum atomic E-state index is 9.05. The molecule has 2 rings (SSSR count). The molecule has 0 atom stereocenters. The zero-order valence-corrected chi connectivity index (χ0v) is 13.4. The lowest BCUT2D eigenvalue weighted by atomic mass is 10.1. The molecule has 0 aliphatic carbocycles. The summed E-state index contributed by atoms with van der Waals surface area (Å²) < 4.78 is 1.86. The summed E-state index contributed by atoms with van der Waals surface area (Å²) in [6, 6.07) is 3.79. The van der Waals surface area contributed by atoms with Crippen LogP contribution in [0, 0.1) is 13.8 Å². The summed E-state index contributed by atoms with van der Waals surface area (Å²) in [5, 5.41) is 14.0. The molecular weight excluding hydrogens is 288 g/mol. The summed E-state index contributed by atoms with van der Waals surface area (Å²) in [6.45, 7) is 6.31. The molecule has 0 radical (unpaired) electrons. The maximum Gasteiger partial charge on any atom is 0.129 e. The van der Waals surface area contributed by atoms with E-state index in [1.165, 1.54) is 5.56 Å². The molecule has 1 N–H and O–H groups in total. The summed E-state index contributed by atoms with van der Waals surface area (Å²) in [6.07, 6.45) is 1.80. The molecule has 114 valence electrons. The third kappa shape index (κ3) is 4.03. The summed E-state index contributed by atoms with van der Waals surface area (Å²) >= 11 is 5.80. The molecule has 0 aromatic carbocycles. The van der Waals surface area contributed by atoms with Gasteiger partial charge >= 0.3 is 0 Å². The standard InChI is InChI=1S/C15H21ClN4O/c1-11-14(12(2)20(18-11)6-7-21)10-19(3)9-13-4-5-15(16)17-8-13/h4-5,8,21H,6-7,9-10H2,1-3H3. The van der Waals surface area contributed by atoms with Crippen LogP contribution in [-0.2, 0) is 19.6 Å².